The molecule has 1 aromatic heterocycles. The molecule has 2 heteroatoms. The first kappa shape index (κ1) is 8.75. The average molecular weight is 184 g/mol. The number of hydrogen-bond donors (Lipinski definition) is 1. The van der Waals surface area contributed by atoms with E-state index in [1.54, 1.807) is 6.20 Å². The minimum absolute atomic E-state index is 0.790. The van der Waals surface area contributed by atoms with Gasteiger partial charge in [0, 0.05) is 18.1 Å². The number of hydrogen-bond acceptors (Lipinski definition) is 2. The van der Waals surface area contributed by atoms with Crippen molar-refractivity contribution in [3.8, 4) is 11.1 Å². The number of aromatic nitrogens is 1. The van der Waals surface area contributed by atoms with Crippen molar-refractivity contribution in [3.63, 3.8) is 0 Å². The van der Waals surface area contributed by atoms with Crippen LogP contribution in [0.1, 0.15) is 5.56 Å². The summed E-state index contributed by atoms with van der Waals surface area (Å²) < 4.78 is 0. The van der Waals surface area contributed by atoms with Crippen molar-refractivity contribution in [2.75, 3.05) is 5.73 Å². The van der Waals surface area contributed by atoms with Gasteiger partial charge in [0.1, 0.15) is 0 Å². The zero-order valence-corrected chi connectivity index (χ0v) is 8.07. The van der Waals surface area contributed by atoms with E-state index >= 15 is 0 Å². The molecular weight excluding hydrogens is 172 g/mol. The van der Waals surface area contributed by atoms with Crippen LogP contribution in [0.25, 0.3) is 11.1 Å². The van der Waals surface area contributed by atoms with Crippen molar-refractivity contribution < 1.29 is 0 Å². The summed E-state index contributed by atoms with van der Waals surface area (Å²) in [7, 11) is 0. The van der Waals surface area contributed by atoms with Crippen LogP contribution in [0.3, 0.4) is 0 Å². The molecule has 0 aliphatic carbocycles. The predicted molar refractivity (Wildman–Crippen MR) is 58.8 cm³/mol. The Hall–Kier alpha value is -1.83. The highest BCUT2D eigenvalue weighted by Crippen LogP contribution is 2.23. The Balaban J connectivity index is 2.55. The number of anilines is 1. The molecule has 70 valence electrons. The van der Waals surface area contributed by atoms with Gasteiger partial charge in [-0.25, -0.2) is 0 Å². The van der Waals surface area contributed by atoms with Crippen LogP contribution in [0.5, 0.6) is 0 Å². The molecule has 0 aliphatic heterocycles. The van der Waals surface area contributed by atoms with Gasteiger partial charge < -0.3 is 5.73 Å². The molecule has 0 atom stereocenters. The number of nitrogen functional groups attached to an aromatic ring is 1. The standard InChI is InChI=1S/C12H12N2/c1-9-8-14-6-5-12(9)10-3-2-4-11(13)7-10/h2-8H,13H2,1H3. The van der Waals surface area contributed by atoms with Gasteiger partial charge in [-0.2, -0.15) is 0 Å². The molecule has 0 bridgehead atoms. The molecule has 0 radical (unpaired) electrons. The lowest BCUT2D eigenvalue weighted by Gasteiger charge is -2.05. The second-order valence-corrected chi connectivity index (χ2v) is 3.32. The SMILES string of the molecule is Cc1cnccc1-c1cccc(N)c1. The summed E-state index contributed by atoms with van der Waals surface area (Å²) in [4.78, 5) is 4.06. The van der Waals surface area contributed by atoms with Gasteiger partial charge in [0.25, 0.3) is 0 Å². The number of nitrogens with zero attached hydrogens (tertiary/aromatic N) is 1. The van der Waals surface area contributed by atoms with Crippen LogP contribution in [0.2, 0.25) is 0 Å². The second-order valence-electron chi connectivity index (χ2n) is 3.32. The summed E-state index contributed by atoms with van der Waals surface area (Å²) in [5.74, 6) is 0. The fourth-order valence-electron chi connectivity index (χ4n) is 1.50. The summed E-state index contributed by atoms with van der Waals surface area (Å²) in [5, 5.41) is 0. The number of nitrogens with two attached hydrogens (primary N) is 1. The summed E-state index contributed by atoms with van der Waals surface area (Å²) in [6.07, 6.45) is 3.66. The minimum Gasteiger partial charge on any atom is -0.399 e. The van der Waals surface area contributed by atoms with Gasteiger partial charge in [-0.15, -0.1) is 0 Å². The van der Waals surface area contributed by atoms with Crippen LogP contribution >= 0.6 is 0 Å². The Kier molecular flexibility index (Phi) is 2.19. The van der Waals surface area contributed by atoms with Gasteiger partial charge in [0.15, 0.2) is 0 Å². The lowest BCUT2D eigenvalue weighted by molar-refractivity contribution is 1.27. The quantitative estimate of drug-likeness (QED) is 0.692. The number of rotatable bonds is 1. The van der Waals surface area contributed by atoms with Crippen molar-refractivity contribution in [3.05, 3.63) is 48.3 Å². The molecule has 2 nitrogen and oxygen atoms in total. The van der Waals surface area contributed by atoms with E-state index in [-0.39, 0.29) is 0 Å². The molecule has 0 amide bonds. The van der Waals surface area contributed by atoms with Crippen LogP contribution in [0.4, 0.5) is 5.69 Å². The molecular formula is C12H12N2. The molecule has 0 aliphatic rings. The van der Waals surface area contributed by atoms with Crippen molar-refractivity contribution in [2.24, 2.45) is 0 Å². The first-order chi connectivity index (χ1) is 6.77. The molecule has 14 heavy (non-hydrogen) atoms. The van der Waals surface area contributed by atoms with E-state index in [1.807, 2.05) is 37.4 Å². The highest BCUT2D eigenvalue weighted by atomic mass is 14.6. The molecule has 2 rings (SSSR count). The van der Waals surface area contributed by atoms with Gasteiger partial charge in [0.2, 0.25) is 0 Å². The maximum atomic E-state index is 5.73. The summed E-state index contributed by atoms with van der Waals surface area (Å²) in [5.41, 5.74) is 10.0. The second kappa shape index (κ2) is 3.50. The minimum atomic E-state index is 0.790. The Bertz CT molecular complexity index is 450. The normalized spacial score (nSPS) is 10.1. The molecule has 0 saturated carbocycles. The van der Waals surface area contributed by atoms with Crippen molar-refractivity contribution in [2.45, 2.75) is 6.92 Å². The van der Waals surface area contributed by atoms with E-state index in [4.69, 9.17) is 5.73 Å². The first-order valence-electron chi connectivity index (χ1n) is 4.54. The lowest BCUT2D eigenvalue weighted by Crippen LogP contribution is -1.87. The predicted octanol–water partition coefficient (Wildman–Crippen LogP) is 2.64. The maximum Gasteiger partial charge on any atom is 0.0320 e. The zero-order chi connectivity index (χ0) is 9.97. The van der Waals surface area contributed by atoms with E-state index in [0.29, 0.717) is 0 Å². The topological polar surface area (TPSA) is 38.9 Å². The molecule has 0 saturated heterocycles. The van der Waals surface area contributed by atoms with Gasteiger partial charge in [-0.1, -0.05) is 12.1 Å². The molecule has 1 heterocycles. The summed E-state index contributed by atoms with van der Waals surface area (Å²) in [6.45, 7) is 2.05. The van der Waals surface area contributed by atoms with Crippen LogP contribution in [0, 0.1) is 6.92 Å². The van der Waals surface area contributed by atoms with Crippen molar-refractivity contribution in [1.29, 1.82) is 0 Å². The van der Waals surface area contributed by atoms with E-state index in [2.05, 4.69) is 11.1 Å². The van der Waals surface area contributed by atoms with Crippen LogP contribution < -0.4 is 5.73 Å². The average Bonchev–Trinajstić information content (AvgIpc) is 2.18. The molecule has 0 unspecified atom stereocenters. The molecule has 1 aromatic carbocycles. The van der Waals surface area contributed by atoms with Gasteiger partial charge in [0.05, 0.1) is 0 Å². The van der Waals surface area contributed by atoms with Gasteiger partial charge >= 0.3 is 0 Å². The zero-order valence-electron chi connectivity index (χ0n) is 8.07. The molecule has 0 fully saturated rings. The monoisotopic (exact) mass is 184 g/mol. The van der Waals surface area contributed by atoms with Crippen molar-refractivity contribution >= 4 is 5.69 Å². The Morgan fingerprint density at radius 1 is 1.21 bits per heavy atom. The Labute approximate surface area is 83.4 Å². The number of benzene rings is 1. The van der Waals surface area contributed by atoms with E-state index in [9.17, 15) is 0 Å². The van der Waals surface area contributed by atoms with Gasteiger partial charge in [-0.05, 0) is 41.8 Å². The van der Waals surface area contributed by atoms with E-state index in [1.165, 1.54) is 5.56 Å². The highest BCUT2D eigenvalue weighted by Gasteiger charge is 2.00. The Morgan fingerprint density at radius 3 is 2.79 bits per heavy atom. The first-order valence-corrected chi connectivity index (χ1v) is 4.54. The molecule has 2 N–H and O–H groups in total. The third kappa shape index (κ3) is 1.59. The molecule has 2 aromatic rings. The fourth-order valence-corrected chi connectivity index (χ4v) is 1.50. The summed E-state index contributed by atoms with van der Waals surface area (Å²) in [6, 6.07) is 9.88. The smallest absolute Gasteiger partial charge is 0.0320 e. The largest absolute Gasteiger partial charge is 0.399 e. The maximum absolute atomic E-state index is 5.73. The van der Waals surface area contributed by atoms with Crippen LogP contribution in [0.15, 0.2) is 42.7 Å². The third-order valence-corrected chi connectivity index (χ3v) is 2.22. The van der Waals surface area contributed by atoms with Gasteiger partial charge in [-0.3, -0.25) is 4.98 Å². The summed E-state index contributed by atoms with van der Waals surface area (Å²) >= 11 is 0. The third-order valence-electron chi connectivity index (χ3n) is 2.22. The highest BCUT2D eigenvalue weighted by molar-refractivity contribution is 5.69. The number of pyridine rings is 1. The van der Waals surface area contributed by atoms with E-state index in [0.717, 1.165) is 16.8 Å². The van der Waals surface area contributed by atoms with E-state index < -0.39 is 0 Å². The lowest BCUT2D eigenvalue weighted by atomic mass is 10.0. The van der Waals surface area contributed by atoms with Crippen LogP contribution in [-0.4, -0.2) is 4.98 Å². The Morgan fingerprint density at radius 2 is 2.07 bits per heavy atom. The fraction of sp³-hybridized carbons (Fsp3) is 0.0833. The van der Waals surface area contributed by atoms with Crippen LogP contribution in [-0.2, 0) is 0 Å². The molecule has 0 spiro atoms. The number of aryl methyl sites for hydroxylation is 1. The van der Waals surface area contributed by atoms with Crippen molar-refractivity contribution in [1.82, 2.24) is 4.98 Å².